The zero-order valence-electron chi connectivity index (χ0n) is 15.4. The van der Waals surface area contributed by atoms with Crippen LogP contribution < -0.4 is 5.73 Å². The van der Waals surface area contributed by atoms with Crippen LogP contribution in [0.4, 0.5) is 4.39 Å². The number of aliphatic hydroxyl groups is 1. The van der Waals surface area contributed by atoms with Crippen LogP contribution >= 0.6 is 23.5 Å². The highest BCUT2D eigenvalue weighted by atomic mass is 31.3. The van der Waals surface area contributed by atoms with Crippen LogP contribution in [0.15, 0.2) is 34.8 Å². The first-order valence-corrected chi connectivity index (χ1v) is 12.4. The summed E-state index contributed by atoms with van der Waals surface area (Å²) >= 11 is 0. The molecule has 180 valence electrons. The molecule has 1 fully saturated rings. The molecule has 2 aliphatic heterocycles. The summed E-state index contributed by atoms with van der Waals surface area (Å²) in [5, 5.41) is 13.3. The van der Waals surface area contributed by atoms with Crippen molar-refractivity contribution >= 4 is 29.3 Å². The van der Waals surface area contributed by atoms with Crippen molar-refractivity contribution in [2.75, 3.05) is 6.61 Å². The van der Waals surface area contributed by atoms with Gasteiger partial charge >= 0.3 is 23.5 Å². The monoisotopic (exact) mass is 524 g/mol. The minimum atomic E-state index is -5.85. The fraction of sp³-hybridized carbons (Fsp3) is 0.500. The molecule has 0 radical (unpaired) electrons. The van der Waals surface area contributed by atoms with Gasteiger partial charge in [0.2, 0.25) is 5.72 Å². The van der Waals surface area contributed by atoms with Gasteiger partial charge in [-0.2, -0.15) is 8.62 Å². The van der Waals surface area contributed by atoms with E-state index in [-0.39, 0.29) is 11.7 Å². The first kappa shape index (κ1) is 26.6. The Bertz CT molecular complexity index is 1030. The van der Waals surface area contributed by atoms with E-state index in [4.69, 9.17) is 30.7 Å². The second kappa shape index (κ2) is 9.29. The number of ether oxygens (including phenoxy) is 1. The molecule has 0 aliphatic carbocycles. The normalized spacial score (nSPS) is 32.1. The molecule has 7 N–H and O–H groups in total. The molecule has 0 aromatic carbocycles. The standard InChI is InChI=1S/C10H16FN6O12P3/c1-5-14-6(12)2-3-17(5)9-7(11)8(18)10(27-9,15-16-13)4-26-31(22,23)29-32(24,25)28-30(19,20)21/h2-3,7-9,18H,1,4H2,(H2,12,14)(H,22,23)(H,24,25)(H2,19,20,21)/t7-,8+,9-,10-/m1/s1. The van der Waals surface area contributed by atoms with Crippen LogP contribution in [0, 0.1) is 0 Å². The fourth-order valence-corrected chi connectivity index (χ4v) is 5.50. The average Bonchev–Trinajstić information content (AvgIpc) is 2.83. The van der Waals surface area contributed by atoms with Crippen molar-refractivity contribution in [3.05, 3.63) is 35.1 Å². The van der Waals surface area contributed by atoms with Gasteiger partial charge in [0, 0.05) is 11.1 Å². The second-order valence-corrected chi connectivity index (χ2v) is 10.4. The van der Waals surface area contributed by atoms with Gasteiger partial charge in [-0.1, -0.05) is 11.7 Å². The van der Waals surface area contributed by atoms with Crippen LogP contribution in [0.1, 0.15) is 0 Å². The maximum absolute atomic E-state index is 14.8. The van der Waals surface area contributed by atoms with Gasteiger partial charge in [0.1, 0.15) is 17.8 Å². The molecule has 1 saturated heterocycles. The van der Waals surface area contributed by atoms with Crippen molar-refractivity contribution in [3.8, 4) is 0 Å². The first-order chi connectivity index (χ1) is 14.5. The number of aliphatic hydroxyl groups excluding tert-OH is 1. The summed E-state index contributed by atoms with van der Waals surface area (Å²) in [5.41, 5.74) is 11.5. The number of azide groups is 1. The molecule has 0 bridgehead atoms. The third-order valence-electron chi connectivity index (χ3n) is 3.66. The molecule has 2 unspecified atom stereocenters. The fourth-order valence-electron chi connectivity index (χ4n) is 2.46. The Balaban J connectivity index is 2.22. The van der Waals surface area contributed by atoms with E-state index in [0.717, 1.165) is 4.90 Å². The average molecular weight is 524 g/mol. The summed E-state index contributed by atoms with van der Waals surface area (Å²) in [7, 11) is -17.2. The van der Waals surface area contributed by atoms with Crippen molar-refractivity contribution in [3.63, 3.8) is 0 Å². The van der Waals surface area contributed by atoms with E-state index in [2.05, 4.69) is 34.7 Å². The number of phosphoric ester groups is 1. The minimum absolute atomic E-state index is 0.00849. The van der Waals surface area contributed by atoms with Crippen LogP contribution in [-0.2, 0) is 31.6 Å². The number of alkyl halides is 1. The van der Waals surface area contributed by atoms with E-state index < -0.39 is 54.3 Å². The molecular weight excluding hydrogens is 508 g/mol. The van der Waals surface area contributed by atoms with E-state index in [1.165, 1.54) is 12.3 Å². The van der Waals surface area contributed by atoms with E-state index >= 15 is 0 Å². The lowest BCUT2D eigenvalue weighted by Gasteiger charge is -2.31. The number of rotatable bonds is 9. The molecule has 2 heterocycles. The molecule has 18 nitrogen and oxygen atoms in total. The SMILES string of the molecule is C=C1N=C(N)C=CN1[C@@H]1O[C@@](COP(=O)(O)OP(=O)(O)OP(=O)(O)O)(N=[N+]=[N-])[C@@H](O)[C@H]1F. The van der Waals surface area contributed by atoms with Gasteiger partial charge in [-0.15, -0.1) is 0 Å². The molecule has 32 heavy (non-hydrogen) atoms. The molecule has 22 heteroatoms. The molecule has 0 saturated carbocycles. The van der Waals surface area contributed by atoms with E-state index in [1.54, 1.807) is 0 Å². The van der Waals surface area contributed by atoms with Crippen LogP contribution in [0.25, 0.3) is 10.4 Å². The smallest absolute Gasteiger partial charge is 0.387 e. The van der Waals surface area contributed by atoms with Gasteiger partial charge in [-0.25, -0.2) is 23.1 Å². The van der Waals surface area contributed by atoms with Gasteiger partial charge in [-0.05, 0) is 11.6 Å². The number of hydrogen-bond acceptors (Lipinski definition) is 12. The van der Waals surface area contributed by atoms with E-state index in [1.807, 2.05) is 0 Å². The summed E-state index contributed by atoms with van der Waals surface area (Å²) in [5.74, 6) is -0.136. The highest BCUT2D eigenvalue weighted by Crippen LogP contribution is 2.66. The van der Waals surface area contributed by atoms with Crippen LogP contribution in [0.3, 0.4) is 0 Å². The number of halogens is 1. The summed E-state index contributed by atoms with van der Waals surface area (Å²) in [6, 6.07) is 0. The third-order valence-corrected chi connectivity index (χ3v) is 7.44. The van der Waals surface area contributed by atoms with Gasteiger partial charge in [0.15, 0.2) is 12.4 Å². The van der Waals surface area contributed by atoms with Crippen molar-refractivity contribution in [2.24, 2.45) is 15.8 Å². The highest BCUT2D eigenvalue weighted by Gasteiger charge is 2.58. The Hall–Kier alpha value is -1.68. The lowest BCUT2D eigenvalue weighted by molar-refractivity contribution is -0.128. The Morgan fingerprint density at radius 3 is 2.50 bits per heavy atom. The predicted octanol–water partition coefficient (Wildman–Crippen LogP) is 0.0493. The number of nitrogens with two attached hydrogens (primary N) is 1. The van der Waals surface area contributed by atoms with Crippen molar-refractivity contribution in [1.29, 1.82) is 0 Å². The number of nitrogens with zero attached hydrogens (tertiary/aromatic N) is 5. The number of aliphatic imine (C=N–C) groups is 1. The summed E-state index contributed by atoms with van der Waals surface area (Å²) in [6.45, 7) is 2.07. The molecule has 0 aromatic heterocycles. The van der Waals surface area contributed by atoms with Crippen molar-refractivity contribution in [2.45, 2.75) is 24.2 Å². The molecule has 6 atom stereocenters. The molecular formula is C10H16FN6O12P3. The summed E-state index contributed by atoms with van der Waals surface area (Å²) in [4.78, 5) is 42.7. The number of hydrogen-bond donors (Lipinski definition) is 6. The first-order valence-electron chi connectivity index (χ1n) is 7.85. The minimum Gasteiger partial charge on any atom is -0.387 e. The zero-order valence-corrected chi connectivity index (χ0v) is 18.1. The van der Waals surface area contributed by atoms with Crippen LogP contribution in [-0.4, -0.2) is 66.3 Å². The van der Waals surface area contributed by atoms with Crippen molar-refractivity contribution < 1.29 is 60.6 Å². The lowest BCUT2D eigenvalue weighted by Crippen LogP contribution is -2.44. The number of phosphoric acid groups is 3. The van der Waals surface area contributed by atoms with E-state index in [9.17, 15) is 28.1 Å². The molecule has 0 spiro atoms. The Kier molecular flexibility index (Phi) is 7.71. The molecule has 0 aromatic rings. The quantitative estimate of drug-likeness (QED) is 0.101. The largest absolute Gasteiger partial charge is 0.490 e. The van der Waals surface area contributed by atoms with Gasteiger partial charge in [0.25, 0.3) is 0 Å². The van der Waals surface area contributed by atoms with Crippen LogP contribution in [0.2, 0.25) is 0 Å². The second-order valence-electron chi connectivity index (χ2n) is 5.97. The third kappa shape index (κ3) is 6.43. The molecule has 2 rings (SSSR count). The Morgan fingerprint density at radius 1 is 1.34 bits per heavy atom. The highest BCUT2D eigenvalue weighted by molar-refractivity contribution is 7.66. The summed E-state index contributed by atoms with van der Waals surface area (Å²) in [6.07, 6.45) is -4.03. The Labute approximate surface area is 177 Å². The van der Waals surface area contributed by atoms with Gasteiger partial charge < -0.3 is 40.1 Å². The number of amidine groups is 1. The Morgan fingerprint density at radius 2 is 1.97 bits per heavy atom. The summed E-state index contributed by atoms with van der Waals surface area (Å²) < 4.78 is 65.2. The van der Waals surface area contributed by atoms with Gasteiger partial charge in [0.05, 0.1) is 6.61 Å². The van der Waals surface area contributed by atoms with Crippen molar-refractivity contribution in [1.82, 2.24) is 4.90 Å². The molecule has 2 aliphatic rings. The molecule has 0 amide bonds. The van der Waals surface area contributed by atoms with Crippen LogP contribution in [0.5, 0.6) is 0 Å². The predicted molar refractivity (Wildman–Crippen MR) is 99.2 cm³/mol. The maximum Gasteiger partial charge on any atom is 0.490 e. The lowest BCUT2D eigenvalue weighted by atomic mass is 10.1. The topological polar surface area (TPSA) is 280 Å². The van der Waals surface area contributed by atoms with Gasteiger partial charge in [-0.3, -0.25) is 4.52 Å². The zero-order chi connectivity index (χ0) is 24.5. The van der Waals surface area contributed by atoms with E-state index in [0.29, 0.717) is 0 Å². The maximum atomic E-state index is 14.8.